The molecule has 1 aliphatic carbocycles. The summed E-state index contributed by atoms with van der Waals surface area (Å²) in [5, 5.41) is 19.9. The number of hydrogen-bond donors (Lipinski definition) is 5. The Kier molecular flexibility index (Phi) is 17.6. The molecule has 1 saturated carbocycles. The lowest BCUT2D eigenvalue weighted by molar-refractivity contribution is -0.123. The second kappa shape index (κ2) is 22.1. The van der Waals surface area contributed by atoms with Crippen LogP contribution in [0.1, 0.15) is 85.1 Å². The van der Waals surface area contributed by atoms with Crippen molar-refractivity contribution in [1.29, 1.82) is 0 Å². The van der Waals surface area contributed by atoms with Crippen LogP contribution in [0.15, 0.2) is 70.8 Å². The number of carbonyl (C=O) groups is 3. The minimum absolute atomic E-state index is 0.00639. The summed E-state index contributed by atoms with van der Waals surface area (Å²) < 4.78 is 27.2. The van der Waals surface area contributed by atoms with Gasteiger partial charge < -0.3 is 26.0 Å². The normalized spacial score (nSPS) is 17.6. The molecule has 0 bridgehead atoms. The molecule has 5 amide bonds. The number of aromatic nitrogens is 1. The number of nitrogens with zero attached hydrogens (tertiary/aromatic N) is 3. The van der Waals surface area contributed by atoms with Crippen molar-refractivity contribution in [2.24, 2.45) is 5.92 Å². The number of aliphatic hydroxyl groups is 1. The van der Waals surface area contributed by atoms with Crippen LogP contribution in [-0.2, 0) is 21.2 Å². The molecule has 5 rings (SSSR count). The van der Waals surface area contributed by atoms with Crippen LogP contribution in [0.2, 0.25) is 5.02 Å². The number of halogens is 1. The Morgan fingerprint density at radius 2 is 1.77 bits per heavy atom. The van der Waals surface area contributed by atoms with Gasteiger partial charge in [0.25, 0.3) is 15.9 Å². The van der Waals surface area contributed by atoms with Crippen molar-refractivity contribution < 1.29 is 27.9 Å². The van der Waals surface area contributed by atoms with Gasteiger partial charge in [0.1, 0.15) is 0 Å². The van der Waals surface area contributed by atoms with Crippen molar-refractivity contribution in [2.45, 2.75) is 103 Å². The molecule has 15 heteroatoms. The molecule has 0 radical (unpaired) electrons. The zero-order valence-electron chi connectivity index (χ0n) is 33.9. The summed E-state index contributed by atoms with van der Waals surface area (Å²) >= 11 is 6.03. The van der Waals surface area contributed by atoms with Crippen molar-refractivity contribution in [1.82, 2.24) is 30.1 Å². The van der Waals surface area contributed by atoms with Gasteiger partial charge in [-0.15, -0.1) is 0 Å². The highest BCUT2D eigenvalue weighted by Crippen LogP contribution is 2.26. The van der Waals surface area contributed by atoms with E-state index in [1.807, 2.05) is 44.3 Å². The van der Waals surface area contributed by atoms with Gasteiger partial charge in [-0.3, -0.25) is 14.7 Å². The molecule has 1 unspecified atom stereocenters. The van der Waals surface area contributed by atoms with E-state index in [9.17, 15) is 22.8 Å². The van der Waals surface area contributed by atoms with Gasteiger partial charge in [-0.2, -0.15) is 0 Å². The zero-order chi connectivity index (χ0) is 41.5. The molecule has 1 atom stereocenters. The number of fused-ring (bicyclic) bond motifs is 1. The van der Waals surface area contributed by atoms with E-state index in [0.29, 0.717) is 48.5 Å². The number of likely N-dealkylation sites (N-methyl/N-ethyl adjacent to an activating group) is 1. The Balaban J connectivity index is 0.000000273. The highest BCUT2D eigenvalue weighted by atomic mass is 35.5. The minimum atomic E-state index is -3.98. The maximum Gasteiger partial charge on any atom is 0.328 e. The average Bonchev–Trinajstić information content (AvgIpc) is 3.47. The van der Waals surface area contributed by atoms with E-state index < -0.39 is 22.1 Å². The number of urea groups is 2. The fourth-order valence-electron chi connectivity index (χ4n) is 7.19. The number of sulfonamides is 1. The molecule has 3 aromatic rings. The molecule has 57 heavy (non-hydrogen) atoms. The van der Waals surface area contributed by atoms with Crippen molar-refractivity contribution >= 4 is 56.2 Å². The third kappa shape index (κ3) is 13.7. The van der Waals surface area contributed by atoms with E-state index in [4.69, 9.17) is 16.7 Å². The summed E-state index contributed by atoms with van der Waals surface area (Å²) in [4.78, 5) is 44.6. The SMILES string of the molecule is CCC1=C(C)CN(C(=O)NCCc2ccc(S(=O)(=O)NC(=O)NC3CCC(C)CC3)cc2)C1=O.CCN(CCO)CCCC(C)Nc1ccnc2cc(Cl)ccc12. The fraction of sp³-hybridized carbons (Fsp3) is 0.524. The van der Waals surface area contributed by atoms with Crippen LogP contribution in [0.25, 0.3) is 10.9 Å². The Hall–Kier alpha value is -4.24. The van der Waals surface area contributed by atoms with Crippen LogP contribution in [0.4, 0.5) is 15.3 Å². The van der Waals surface area contributed by atoms with E-state index in [0.717, 1.165) is 85.9 Å². The molecule has 1 fully saturated rings. The summed E-state index contributed by atoms with van der Waals surface area (Å²) in [6.07, 6.45) is 8.80. The fourth-order valence-corrected chi connectivity index (χ4v) is 8.27. The van der Waals surface area contributed by atoms with E-state index in [1.54, 1.807) is 12.1 Å². The topological polar surface area (TPSA) is 173 Å². The van der Waals surface area contributed by atoms with Crippen molar-refractivity contribution in [3.8, 4) is 0 Å². The van der Waals surface area contributed by atoms with Gasteiger partial charge in [0.15, 0.2) is 0 Å². The van der Waals surface area contributed by atoms with Crippen LogP contribution in [0.5, 0.6) is 0 Å². The van der Waals surface area contributed by atoms with Crippen LogP contribution < -0.4 is 20.7 Å². The van der Waals surface area contributed by atoms with Gasteiger partial charge >= 0.3 is 12.1 Å². The summed E-state index contributed by atoms with van der Waals surface area (Å²) in [7, 11) is -3.98. The molecule has 2 heterocycles. The van der Waals surface area contributed by atoms with Crippen LogP contribution in [-0.4, -0.2) is 97.7 Å². The summed E-state index contributed by atoms with van der Waals surface area (Å²) in [6.45, 7) is 13.9. The number of nitrogens with one attached hydrogen (secondary N) is 4. The van der Waals surface area contributed by atoms with Crippen molar-refractivity contribution in [2.75, 3.05) is 44.6 Å². The first-order valence-electron chi connectivity index (χ1n) is 20.1. The lowest BCUT2D eigenvalue weighted by Gasteiger charge is -2.26. The van der Waals surface area contributed by atoms with Crippen LogP contribution >= 0.6 is 11.6 Å². The molecule has 13 nitrogen and oxygen atoms in total. The molecule has 0 spiro atoms. The zero-order valence-corrected chi connectivity index (χ0v) is 35.5. The lowest BCUT2D eigenvalue weighted by atomic mass is 9.87. The highest BCUT2D eigenvalue weighted by Gasteiger charge is 2.31. The number of rotatable bonds is 16. The second-order valence-electron chi connectivity index (χ2n) is 15.0. The number of pyridine rings is 1. The maximum absolute atomic E-state index is 12.5. The largest absolute Gasteiger partial charge is 0.395 e. The van der Waals surface area contributed by atoms with Gasteiger partial charge in [0, 0.05) is 53.0 Å². The summed E-state index contributed by atoms with van der Waals surface area (Å²) in [5.74, 6) is 0.385. The quantitative estimate of drug-likeness (QED) is 0.104. The summed E-state index contributed by atoms with van der Waals surface area (Å²) in [6, 6.07) is 13.2. The minimum Gasteiger partial charge on any atom is -0.395 e. The number of imide groups is 1. The maximum atomic E-state index is 12.5. The van der Waals surface area contributed by atoms with E-state index in [1.165, 1.54) is 17.0 Å². The van der Waals surface area contributed by atoms with E-state index in [-0.39, 0.29) is 23.5 Å². The molecular formula is C42H60ClN7O6S. The van der Waals surface area contributed by atoms with E-state index in [2.05, 4.69) is 51.3 Å². The molecule has 0 saturated heterocycles. The molecule has 2 aliphatic rings. The Bertz CT molecular complexity index is 1950. The highest BCUT2D eigenvalue weighted by molar-refractivity contribution is 7.90. The van der Waals surface area contributed by atoms with Gasteiger partial charge in [-0.1, -0.05) is 44.5 Å². The molecule has 312 valence electrons. The first-order valence-corrected chi connectivity index (χ1v) is 21.9. The van der Waals surface area contributed by atoms with E-state index >= 15 is 0 Å². The first kappa shape index (κ1) is 45.5. The Labute approximate surface area is 343 Å². The van der Waals surface area contributed by atoms with Crippen molar-refractivity contribution in [3.63, 3.8) is 0 Å². The number of hydrogen-bond acceptors (Lipinski definition) is 9. The smallest absolute Gasteiger partial charge is 0.328 e. The number of benzene rings is 2. The molecule has 2 aromatic carbocycles. The Morgan fingerprint density at radius 1 is 1.05 bits per heavy atom. The predicted octanol–water partition coefficient (Wildman–Crippen LogP) is 6.86. The third-order valence-corrected chi connectivity index (χ3v) is 12.2. The van der Waals surface area contributed by atoms with Gasteiger partial charge in [0.2, 0.25) is 0 Å². The third-order valence-electron chi connectivity index (χ3n) is 10.6. The molecular weight excluding hydrogens is 766 g/mol. The van der Waals surface area contributed by atoms with Crippen molar-refractivity contribution in [3.05, 3.63) is 76.5 Å². The lowest BCUT2D eigenvalue weighted by Crippen LogP contribution is -2.45. The average molecular weight is 827 g/mol. The second-order valence-corrected chi connectivity index (χ2v) is 17.1. The van der Waals surface area contributed by atoms with Crippen LogP contribution in [0, 0.1) is 5.92 Å². The Morgan fingerprint density at radius 3 is 2.42 bits per heavy atom. The molecule has 1 aromatic heterocycles. The number of aliphatic hydroxyl groups excluding tert-OH is 1. The summed E-state index contributed by atoms with van der Waals surface area (Å²) in [5.41, 5.74) is 4.42. The van der Waals surface area contributed by atoms with Crippen LogP contribution in [0.3, 0.4) is 0 Å². The van der Waals surface area contributed by atoms with Gasteiger partial charge in [-0.05, 0) is 132 Å². The predicted molar refractivity (Wildman–Crippen MR) is 227 cm³/mol. The monoisotopic (exact) mass is 825 g/mol. The molecule has 1 aliphatic heterocycles. The van der Waals surface area contributed by atoms with Gasteiger partial charge in [-0.25, -0.2) is 22.7 Å². The van der Waals surface area contributed by atoms with Gasteiger partial charge in [0.05, 0.1) is 23.6 Å². The first-order chi connectivity index (χ1) is 27.2. The number of anilines is 1. The number of carbonyl (C=O) groups excluding carboxylic acids is 3. The standard InChI is InChI=1S/C24H34N4O5S.C18H26ClN3O/c1-4-21-17(3)15-28(22(21)29)24(31)25-14-13-18-7-11-20(12-8-18)34(32,33)27-23(30)26-19-9-5-16(2)6-10-19;1-3-22(11-12-23)10-4-5-14(2)21-17-8-9-20-18-13-15(19)6-7-16(17)18/h7-8,11-12,16,19H,4-6,9-10,13-15H2,1-3H3,(H,25,31)(H2,26,27,30);6-9,13-14,23H,3-5,10-12H2,1-2H3,(H,20,21). The molecule has 5 N–H and O–H groups in total. The number of amides is 5.